The second kappa shape index (κ2) is 4.49. The molecule has 0 amide bonds. The number of nitrogens with zero attached hydrogens (tertiary/aromatic N) is 1. The maximum atomic E-state index is 11.8. The van der Waals surface area contributed by atoms with Crippen molar-refractivity contribution < 1.29 is 5.11 Å². The average Bonchev–Trinajstić information content (AvgIpc) is 2.13. The van der Waals surface area contributed by atoms with Crippen molar-refractivity contribution in [3.63, 3.8) is 0 Å². The molecule has 0 bridgehead atoms. The molecule has 17 heavy (non-hydrogen) atoms. The minimum atomic E-state index is -0.428. The highest BCUT2D eigenvalue weighted by molar-refractivity contribution is 5.26. The second-order valence-electron chi connectivity index (χ2n) is 5.69. The van der Waals surface area contributed by atoms with Gasteiger partial charge in [0.05, 0.1) is 11.6 Å². The van der Waals surface area contributed by atoms with Crippen molar-refractivity contribution in [2.45, 2.75) is 46.6 Å². The topological polar surface area (TPSA) is 92.0 Å². The molecule has 0 aromatic carbocycles. The van der Waals surface area contributed by atoms with Crippen LogP contribution in [0.4, 0.5) is 0 Å². The number of nitrogens with one attached hydrogen (secondary N) is 1. The summed E-state index contributed by atoms with van der Waals surface area (Å²) in [4.78, 5) is 18.5. The first-order valence-electron chi connectivity index (χ1n) is 5.73. The minimum absolute atomic E-state index is 0.0776. The van der Waals surface area contributed by atoms with Gasteiger partial charge in [0.15, 0.2) is 0 Å². The van der Waals surface area contributed by atoms with Gasteiger partial charge in [-0.3, -0.25) is 4.79 Å². The number of aromatic nitrogens is 2. The number of rotatable bonds is 2. The summed E-state index contributed by atoms with van der Waals surface area (Å²) in [5, 5.41) is 9.77. The van der Waals surface area contributed by atoms with Crippen molar-refractivity contribution in [3.05, 3.63) is 21.7 Å². The Hall–Kier alpha value is -1.36. The van der Waals surface area contributed by atoms with E-state index in [4.69, 9.17) is 5.73 Å². The zero-order valence-corrected chi connectivity index (χ0v) is 11.0. The predicted molar refractivity (Wildman–Crippen MR) is 67.0 cm³/mol. The van der Waals surface area contributed by atoms with Gasteiger partial charge in [0.2, 0.25) is 5.88 Å². The lowest BCUT2D eigenvalue weighted by Crippen LogP contribution is -2.31. The molecule has 1 aromatic rings. The quantitative estimate of drug-likeness (QED) is 0.731. The molecule has 0 radical (unpaired) electrons. The highest BCUT2D eigenvalue weighted by atomic mass is 16.3. The summed E-state index contributed by atoms with van der Waals surface area (Å²) in [6, 6.07) is -0.428. The van der Waals surface area contributed by atoms with Crippen molar-refractivity contribution in [2.75, 3.05) is 0 Å². The van der Waals surface area contributed by atoms with Gasteiger partial charge in [0.25, 0.3) is 5.56 Å². The molecule has 96 valence electrons. The lowest BCUT2D eigenvalue weighted by atomic mass is 9.87. The van der Waals surface area contributed by atoms with E-state index < -0.39 is 6.04 Å². The molecule has 5 nitrogen and oxygen atoms in total. The van der Waals surface area contributed by atoms with Crippen molar-refractivity contribution in [3.8, 4) is 5.88 Å². The van der Waals surface area contributed by atoms with E-state index in [1.54, 1.807) is 0 Å². The second-order valence-corrected chi connectivity index (χ2v) is 5.69. The predicted octanol–water partition coefficient (Wildman–Crippen LogP) is 1.64. The molecule has 0 saturated heterocycles. The van der Waals surface area contributed by atoms with E-state index in [0.717, 1.165) is 0 Å². The molecule has 0 spiro atoms. The average molecular weight is 239 g/mol. The number of hydrogen-bond donors (Lipinski definition) is 3. The molecule has 1 atom stereocenters. The van der Waals surface area contributed by atoms with E-state index in [1.165, 1.54) is 0 Å². The normalized spacial score (nSPS) is 14.1. The smallest absolute Gasteiger partial charge is 0.258 e. The van der Waals surface area contributed by atoms with Crippen molar-refractivity contribution in [1.82, 2.24) is 9.97 Å². The molecular formula is C12H21N3O2. The van der Waals surface area contributed by atoms with Gasteiger partial charge in [0.1, 0.15) is 5.82 Å². The van der Waals surface area contributed by atoms with Crippen LogP contribution in [0.2, 0.25) is 0 Å². The van der Waals surface area contributed by atoms with E-state index in [2.05, 4.69) is 9.97 Å². The first kappa shape index (κ1) is 13.7. The summed E-state index contributed by atoms with van der Waals surface area (Å²) in [5.74, 6) is 0.0222. The summed E-state index contributed by atoms with van der Waals surface area (Å²) in [7, 11) is 0. The molecular weight excluding hydrogens is 218 g/mol. The van der Waals surface area contributed by atoms with Crippen LogP contribution in [0.1, 0.15) is 58.0 Å². The van der Waals surface area contributed by atoms with Gasteiger partial charge in [-0.25, -0.2) is 0 Å². The maximum Gasteiger partial charge on any atom is 0.258 e. The van der Waals surface area contributed by atoms with Gasteiger partial charge in [-0.1, -0.05) is 34.6 Å². The van der Waals surface area contributed by atoms with Crippen LogP contribution >= 0.6 is 0 Å². The van der Waals surface area contributed by atoms with E-state index in [0.29, 0.717) is 11.4 Å². The molecule has 1 heterocycles. The molecule has 0 aliphatic rings. The Kier molecular flexibility index (Phi) is 3.62. The molecule has 4 N–H and O–H groups in total. The first-order valence-corrected chi connectivity index (χ1v) is 5.73. The zero-order chi connectivity index (χ0) is 13.4. The Labute approximate surface area is 101 Å². The van der Waals surface area contributed by atoms with Gasteiger partial charge >= 0.3 is 0 Å². The summed E-state index contributed by atoms with van der Waals surface area (Å²) in [6.07, 6.45) is 0. The molecule has 5 heteroatoms. The van der Waals surface area contributed by atoms with Crippen LogP contribution in [0, 0.1) is 5.41 Å². The van der Waals surface area contributed by atoms with Gasteiger partial charge < -0.3 is 15.8 Å². The fourth-order valence-corrected chi connectivity index (χ4v) is 1.57. The Bertz CT molecular complexity index is 458. The first-order chi connectivity index (χ1) is 7.64. The molecule has 1 aromatic heterocycles. The van der Waals surface area contributed by atoms with Crippen molar-refractivity contribution in [2.24, 2.45) is 11.1 Å². The number of nitrogens with two attached hydrogens (primary N) is 1. The van der Waals surface area contributed by atoms with Crippen LogP contribution in [0.25, 0.3) is 0 Å². The Morgan fingerprint density at radius 3 is 2.24 bits per heavy atom. The van der Waals surface area contributed by atoms with Crippen LogP contribution < -0.4 is 11.3 Å². The molecule has 1 rings (SSSR count). The molecule has 0 aliphatic carbocycles. The standard InChI is InChI=1S/C12H21N3O2/c1-6(2)7-10(16)14-9(15-11(7)17)8(13)12(3,4)5/h6,8H,13H2,1-5H3,(H2,14,15,16,17). The van der Waals surface area contributed by atoms with E-state index in [9.17, 15) is 9.90 Å². The number of aromatic amines is 1. The molecule has 1 unspecified atom stereocenters. The monoisotopic (exact) mass is 239 g/mol. The molecule has 0 aliphatic heterocycles. The Balaban J connectivity index is 3.29. The van der Waals surface area contributed by atoms with Gasteiger partial charge in [-0.2, -0.15) is 4.98 Å². The zero-order valence-electron chi connectivity index (χ0n) is 11.0. The lowest BCUT2D eigenvalue weighted by molar-refractivity contribution is 0.310. The SMILES string of the molecule is CC(C)c1c(O)nc(C(N)C(C)(C)C)[nH]c1=O. The highest BCUT2D eigenvalue weighted by Gasteiger charge is 2.26. The van der Waals surface area contributed by atoms with E-state index in [1.807, 2.05) is 34.6 Å². The molecule has 0 saturated carbocycles. The van der Waals surface area contributed by atoms with Crippen LogP contribution in [-0.2, 0) is 0 Å². The largest absolute Gasteiger partial charge is 0.493 e. The lowest BCUT2D eigenvalue weighted by Gasteiger charge is -2.26. The van der Waals surface area contributed by atoms with Crippen LogP contribution in [0.5, 0.6) is 5.88 Å². The maximum absolute atomic E-state index is 11.8. The van der Waals surface area contributed by atoms with E-state index >= 15 is 0 Å². The number of hydrogen-bond acceptors (Lipinski definition) is 4. The van der Waals surface area contributed by atoms with Gasteiger partial charge in [0, 0.05) is 0 Å². The highest BCUT2D eigenvalue weighted by Crippen LogP contribution is 2.29. The third-order valence-electron chi connectivity index (χ3n) is 2.76. The summed E-state index contributed by atoms with van der Waals surface area (Å²) in [6.45, 7) is 9.51. The van der Waals surface area contributed by atoms with Crippen LogP contribution in [0.3, 0.4) is 0 Å². The fourth-order valence-electron chi connectivity index (χ4n) is 1.57. The van der Waals surface area contributed by atoms with Crippen molar-refractivity contribution in [1.29, 1.82) is 0 Å². The number of aromatic hydroxyl groups is 1. The number of H-pyrrole nitrogens is 1. The van der Waals surface area contributed by atoms with E-state index in [-0.39, 0.29) is 22.8 Å². The van der Waals surface area contributed by atoms with Gasteiger partial charge in [-0.15, -0.1) is 0 Å². The summed E-state index contributed by atoms with van der Waals surface area (Å²) >= 11 is 0. The summed E-state index contributed by atoms with van der Waals surface area (Å²) < 4.78 is 0. The third kappa shape index (κ3) is 2.85. The van der Waals surface area contributed by atoms with Crippen LogP contribution in [0.15, 0.2) is 4.79 Å². The van der Waals surface area contributed by atoms with Crippen molar-refractivity contribution >= 4 is 0 Å². The minimum Gasteiger partial charge on any atom is -0.493 e. The van der Waals surface area contributed by atoms with Gasteiger partial charge in [-0.05, 0) is 11.3 Å². The summed E-state index contributed by atoms with van der Waals surface area (Å²) in [5.41, 5.74) is 5.74. The Morgan fingerprint density at radius 2 is 1.88 bits per heavy atom. The Morgan fingerprint density at radius 1 is 1.35 bits per heavy atom. The third-order valence-corrected chi connectivity index (χ3v) is 2.76. The molecule has 0 fully saturated rings. The fraction of sp³-hybridized carbons (Fsp3) is 0.667. The van der Waals surface area contributed by atoms with Crippen LogP contribution in [-0.4, -0.2) is 15.1 Å².